The smallest absolute Gasteiger partial charge is 0.241 e. The lowest BCUT2D eigenvalue weighted by atomic mass is 10.1. The number of rotatable bonds is 8. The van der Waals surface area contributed by atoms with Crippen molar-refractivity contribution in [1.82, 2.24) is 20.3 Å². The van der Waals surface area contributed by atoms with Gasteiger partial charge in [0.1, 0.15) is 18.5 Å². The van der Waals surface area contributed by atoms with Crippen LogP contribution in [0.4, 0.5) is 0 Å². The first kappa shape index (κ1) is 26.8. The first-order chi connectivity index (χ1) is 17.0. The molecule has 1 aliphatic rings. The molecule has 36 heavy (non-hydrogen) atoms. The van der Waals surface area contributed by atoms with E-state index in [1.165, 1.54) is 0 Å². The Balaban J connectivity index is 1.48. The number of nitrogens with zero attached hydrogens (tertiary/aromatic N) is 2. The summed E-state index contributed by atoms with van der Waals surface area (Å²) in [5.74, 6) is -0.105. The number of hydrogen-bond acceptors (Lipinski definition) is 7. The fourth-order valence-corrected chi connectivity index (χ4v) is 5.22. The van der Waals surface area contributed by atoms with Crippen molar-refractivity contribution in [1.29, 1.82) is 0 Å². The van der Waals surface area contributed by atoms with E-state index in [0.717, 1.165) is 22.2 Å². The number of H-pyrrole nitrogens is 1. The highest BCUT2D eigenvalue weighted by Crippen LogP contribution is 2.38. The molecule has 1 aliphatic heterocycles. The van der Waals surface area contributed by atoms with Gasteiger partial charge in [-0.15, -0.1) is 0 Å². The third kappa shape index (κ3) is 6.33. The third-order valence-corrected chi connectivity index (χ3v) is 11.7. The van der Waals surface area contributed by atoms with Gasteiger partial charge in [0.2, 0.25) is 5.88 Å². The summed E-state index contributed by atoms with van der Waals surface area (Å²) in [5, 5.41) is 3.77. The van der Waals surface area contributed by atoms with E-state index in [-0.39, 0.29) is 17.2 Å². The van der Waals surface area contributed by atoms with Crippen molar-refractivity contribution in [3.8, 4) is 5.88 Å². The Morgan fingerprint density at radius 1 is 1.11 bits per heavy atom. The van der Waals surface area contributed by atoms with Gasteiger partial charge in [0.15, 0.2) is 14.1 Å². The molecular weight excluding hydrogens is 472 g/mol. The molecule has 4 rings (SSSR count). The fourth-order valence-electron chi connectivity index (χ4n) is 3.88. The average Bonchev–Trinajstić information content (AvgIpc) is 3.18. The lowest BCUT2D eigenvalue weighted by Gasteiger charge is -2.40. The fraction of sp³-hybridized carbons (Fsp3) is 0.556. The van der Waals surface area contributed by atoms with Crippen molar-refractivity contribution < 1.29 is 18.6 Å². The third-order valence-electron chi connectivity index (χ3n) is 7.19. The summed E-state index contributed by atoms with van der Waals surface area (Å²) >= 11 is 0. The van der Waals surface area contributed by atoms with Crippen LogP contribution in [0.15, 0.2) is 42.9 Å². The van der Waals surface area contributed by atoms with Gasteiger partial charge in [-0.25, -0.2) is 4.98 Å². The van der Waals surface area contributed by atoms with E-state index < -0.39 is 14.1 Å². The topological polar surface area (TPSA) is 90.5 Å². The molecule has 196 valence electrons. The lowest BCUT2D eigenvalue weighted by Crippen LogP contribution is -2.52. The normalized spacial score (nSPS) is 20.9. The van der Waals surface area contributed by atoms with Gasteiger partial charge in [0, 0.05) is 18.3 Å². The number of aromatic amines is 1. The van der Waals surface area contributed by atoms with Crippen molar-refractivity contribution >= 4 is 19.4 Å². The predicted octanol–water partition coefficient (Wildman–Crippen LogP) is 5.17. The van der Waals surface area contributed by atoms with Crippen LogP contribution in [0.2, 0.25) is 18.1 Å². The van der Waals surface area contributed by atoms with Gasteiger partial charge in [0.05, 0.1) is 30.9 Å². The van der Waals surface area contributed by atoms with Crippen molar-refractivity contribution in [2.24, 2.45) is 0 Å². The molecule has 1 fully saturated rings. The molecule has 3 aromatic rings. The van der Waals surface area contributed by atoms with Crippen LogP contribution in [0, 0.1) is 0 Å². The molecule has 9 heteroatoms. The molecule has 3 heterocycles. The van der Waals surface area contributed by atoms with E-state index in [1.54, 1.807) is 6.33 Å². The Labute approximate surface area is 215 Å². The number of nitrogens with one attached hydrogen (secondary N) is 2. The van der Waals surface area contributed by atoms with Crippen molar-refractivity contribution in [2.75, 3.05) is 13.2 Å². The molecular formula is C27H40N4O4Si. The van der Waals surface area contributed by atoms with Crippen LogP contribution in [-0.2, 0) is 27.1 Å². The number of benzene rings is 1. The summed E-state index contributed by atoms with van der Waals surface area (Å²) in [7, 11) is -2.01. The highest BCUT2D eigenvalue weighted by Gasteiger charge is 2.42. The molecule has 0 unspecified atom stereocenters. The minimum absolute atomic E-state index is 0.0264. The molecule has 2 atom stereocenters. The highest BCUT2D eigenvalue weighted by atomic mass is 28.4. The van der Waals surface area contributed by atoms with Crippen LogP contribution in [0.1, 0.15) is 45.7 Å². The maximum atomic E-state index is 6.80. The minimum atomic E-state index is -2.01. The van der Waals surface area contributed by atoms with E-state index in [0.29, 0.717) is 32.2 Å². The van der Waals surface area contributed by atoms with Crippen LogP contribution in [0.3, 0.4) is 0 Å². The molecule has 0 aliphatic carbocycles. The maximum Gasteiger partial charge on any atom is 0.241 e. The molecule has 0 amide bonds. The van der Waals surface area contributed by atoms with E-state index >= 15 is 0 Å². The first-order valence-corrected chi connectivity index (χ1v) is 15.5. The van der Waals surface area contributed by atoms with Crippen LogP contribution < -0.4 is 10.1 Å². The van der Waals surface area contributed by atoms with Gasteiger partial charge < -0.3 is 28.9 Å². The predicted molar refractivity (Wildman–Crippen MR) is 143 cm³/mol. The largest absolute Gasteiger partial charge is 0.471 e. The maximum absolute atomic E-state index is 6.80. The number of aromatic nitrogens is 3. The summed E-state index contributed by atoms with van der Waals surface area (Å²) in [6, 6.07) is 10.0. The number of ether oxygens (including phenoxy) is 3. The van der Waals surface area contributed by atoms with Gasteiger partial charge in [-0.3, -0.25) is 0 Å². The summed E-state index contributed by atoms with van der Waals surface area (Å²) < 4.78 is 25.0. The molecule has 1 aromatic carbocycles. The van der Waals surface area contributed by atoms with E-state index in [2.05, 4.69) is 54.1 Å². The monoisotopic (exact) mass is 512 g/mol. The number of hydrogen-bond donors (Lipinski definition) is 2. The molecule has 0 bridgehead atoms. The SMILES string of the molecule is CC1(C)OC[C@@H](NCc2c[nH]c3c(OCc4ccccc4)ncnc23)[C@H](O[Si](C)(C)C(C)(C)C)CO1. The van der Waals surface area contributed by atoms with E-state index in [4.69, 9.17) is 18.6 Å². The van der Waals surface area contributed by atoms with Crippen LogP contribution >= 0.6 is 0 Å². The number of fused-ring (bicyclic) bond motifs is 1. The minimum Gasteiger partial charge on any atom is -0.471 e. The summed E-state index contributed by atoms with van der Waals surface area (Å²) in [5.41, 5.74) is 3.76. The van der Waals surface area contributed by atoms with Gasteiger partial charge in [0.25, 0.3) is 0 Å². The van der Waals surface area contributed by atoms with Crippen LogP contribution in [0.5, 0.6) is 5.88 Å². The second kappa shape index (κ2) is 10.6. The van der Waals surface area contributed by atoms with Gasteiger partial charge in [-0.2, -0.15) is 4.98 Å². The summed E-state index contributed by atoms with van der Waals surface area (Å²) in [6.45, 7) is 17.2. The first-order valence-electron chi connectivity index (χ1n) is 12.6. The van der Waals surface area contributed by atoms with Crippen molar-refractivity contribution in [2.45, 2.75) is 83.8 Å². The molecule has 0 spiro atoms. The Morgan fingerprint density at radius 3 is 2.56 bits per heavy atom. The standard InChI is InChI=1S/C27H40N4O4Si/c1-26(2,3)36(6,7)35-22-17-34-27(4,5)33-16-21(22)28-13-20-14-29-24-23(20)30-18-31-25(24)32-15-19-11-9-8-10-12-19/h8-12,14,18,21-22,28-29H,13,15-17H2,1-7H3/t21-,22-/m1/s1. The van der Waals surface area contributed by atoms with Crippen molar-refractivity contribution in [3.05, 3.63) is 54.0 Å². The second-order valence-electron chi connectivity index (χ2n) is 11.4. The van der Waals surface area contributed by atoms with Crippen molar-refractivity contribution in [3.63, 3.8) is 0 Å². The summed E-state index contributed by atoms with van der Waals surface area (Å²) in [4.78, 5) is 12.2. The lowest BCUT2D eigenvalue weighted by molar-refractivity contribution is -0.203. The van der Waals surface area contributed by atoms with Gasteiger partial charge in [-0.1, -0.05) is 51.1 Å². The quantitative estimate of drug-likeness (QED) is 0.403. The van der Waals surface area contributed by atoms with E-state index in [9.17, 15) is 0 Å². The van der Waals surface area contributed by atoms with Gasteiger partial charge in [-0.05, 0) is 37.5 Å². The Bertz CT molecular complexity index is 1140. The average molecular weight is 513 g/mol. The Morgan fingerprint density at radius 2 is 1.83 bits per heavy atom. The molecule has 2 aromatic heterocycles. The molecule has 8 nitrogen and oxygen atoms in total. The zero-order chi connectivity index (χ0) is 26.0. The zero-order valence-electron chi connectivity index (χ0n) is 22.6. The second-order valence-corrected chi connectivity index (χ2v) is 16.2. The molecule has 2 N–H and O–H groups in total. The molecule has 0 saturated carbocycles. The Kier molecular flexibility index (Phi) is 7.87. The molecule has 0 radical (unpaired) electrons. The molecule has 1 saturated heterocycles. The Hall–Kier alpha value is -2.30. The zero-order valence-corrected chi connectivity index (χ0v) is 23.6. The van der Waals surface area contributed by atoms with Crippen LogP contribution in [0.25, 0.3) is 11.0 Å². The highest BCUT2D eigenvalue weighted by molar-refractivity contribution is 6.74. The van der Waals surface area contributed by atoms with Gasteiger partial charge >= 0.3 is 0 Å². The van der Waals surface area contributed by atoms with Crippen LogP contribution in [-0.4, -0.2) is 54.4 Å². The van der Waals surface area contributed by atoms with E-state index in [1.807, 2.05) is 50.4 Å². The summed E-state index contributed by atoms with van der Waals surface area (Å²) in [6.07, 6.45) is 3.40.